The molecule has 0 saturated heterocycles. The number of hydrogen-bond donors (Lipinski definition) is 3. The van der Waals surface area contributed by atoms with Crippen molar-refractivity contribution in [2.45, 2.75) is 64.9 Å². The van der Waals surface area contributed by atoms with Gasteiger partial charge >= 0.3 is 12.2 Å². The van der Waals surface area contributed by atoms with E-state index in [2.05, 4.69) is 30.4 Å². The molecule has 0 aliphatic heterocycles. The molecule has 2 aromatic heterocycles. The van der Waals surface area contributed by atoms with Crippen LogP contribution in [0.5, 0.6) is 17.5 Å². The zero-order valence-corrected chi connectivity index (χ0v) is 32.5. The Hall–Kier alpha value is -6.62. The van der Waals surface area contributed by atoms with Crippen LogP contribution in [0, 0.1) is 18.7 Å². The lowest BCUT2D eigenvalue weighted by Gasteiger charge is -2.28. The van der Waals surface area contributed by atoms with Gasteiger partial charge in [0.15, 0.2) is 17.4 Å². The number of anilines is 1. The predicted octanol–water partition coefficient (Wildman–Crippen LogP) is 6.09. The molecular formula is C41H45FN8O8. The largest absolute Gasteiger partial charge is 0.511 e. The minimum Gasteiger partial charge on any atom is -0.497 e. The Morgan fingerprint density at radius 3 is 2.45 bits per heavy atom. The summed E-state index contributed by atoms with van der Waals surface area (Å²) in [6.45, 7) is 4.89. The molecule has 0 radical (unpaired) electrons. The van der Waals surface area contributed by atoms with E-state index in [4.69, 9.17) is 29.4 Å². The number of nitrogens with one attached hydrogen (secondary N) is 1. The van der Waals surface area contributed by atoms with Crippen molar-refractivity contribution >= 4 is 23.6 Å². The maximum absolute atomic E-state index is 16.5. The Labute approximate surface area is 334 Å². The third kappa shape index (κ3) is 10.2. The van der Waals surface area contributed by atoms with Crippen molar-refractivity contribution in [3.05, 3.63) is 113 Å². The topological polar surface area (TPSA) is 207 Å². The van der Waals surface area contributed by atoms with Crippen LogP contribution in [0.25, 0.3) is 5.95 Å². The number of aliphatic imine (C=N–C) groups is 1. The molecule has 4 N–H and O–H groups in total. The first-order valence-electron chi connectivity index (χ1n) is 18.7. The fourth-order valence-electron chi connectivity index (χ4n) is 6.26. The molecule has 5 aromatic rings. The molecule has 0 spiro atoms. The highest BCUT2D eigenvalue weighted by Gasteiger charge is 2.31. The molecule has 4 atom stereocenters. The van der Waals surface area contributed by atoms with Gasteiger partial charge in [0.05, 0.1) is 13.7 Å². The second-order valence-corrected chi connectivity index (χ2v) is 13.6. The predicted molar refractivity (Wildman–Crippen MR) is 210 cm³/mol. The second-order valence-electron chi connectivity index (χ2n) is 13.6. The van der Waals surface area contributed by atoms with Crippen molar-refractivity contribution in [3.63, 3.8) is 0 Å². The van der Waals surface area contributed by atoms with Gasteiger partial charge in [-0.1, -0.05) is 31.0 Å². The first-order valence-corrected chi connectivity index (χ1v) is 18.7. The molecule has 58 heavy (non-hydrogen) atoms. The molecule has 1 aliphatic rings. The molecule has 6 rings (SSSR count). The van der Waals surface area contributed by atoms with Crippen molar-refractivity contribution in [2.75, 3.05) is 25.6 Å². The molecule has 3 aromatic carbocycles. The molecule has 1 aliphatic carbocycles. The van der Waals surface area contributed by atoms with E-state index >= 15 is 4.39 Å². The highest BCUT2D eigenvalue weighted by molar-refractivity contribution is 6.08. The second kappa shape index (κ2) is 19.0. The van der Waals surface area contributed by atoms with Gasteiger partial charge in [0.25, 0.3) is 11.9 Å². The fourth-order valence-corrected chi connectivity index (χ4v) is 6.26. The quantitative estimate of drug-likeness (QED) is 0.0475. The van der Waals surface area contributed by atoms with Crippen LogP contribution in [-0.4, -0.2) is 80.5 Å². The third-order valence-electron chi connectivity index (χ3n) is 9.36. The minimum atomic E-state index is -1.21. The van der Waals surface area contributed by atoms with Gasteiger partial charge in [0.2, 0.25) is 6.29 Å². The summed E-state index contributed by atoms with van der Waals surface area (Å²) in [4.78, 5) is 42.8. The van der Waals surface area contributed by atoms with Gasteiger partial charge in [0, 0.05) is 47.8 Å². The van der Waals surface area contributed by atoms with E-state index in [1.165, 1.54) is 43.2 Å². The molecular weight excluding hydrogens is 751 g/mol. The Morgan fingerprint density at radius 1 is 1.05 bits per heavy atom. The maximum Gasteiger partial charge on any atom is 0.511 e. The molecule has 2 heterocycles. The summed E-state index contributed by atoms with van der Waals surface area (Å²) in [6, 6.07) is 16.6. The van der Waals surface area contributed by atoms with Crippen LogP contribution < -0.4 is 25.3 Å². The van der Waals surface area contributed by atoms with Crippen molar-refractivity contribution in [1.82, 2.24) is 24.7 Å². The average molecular weight is 797 g/mol. The molecule has 304 valence electrons. The number of aliphatic hydroxyl groups is 1. The summed E-state index contributed by atoms with van der Waals surface area (Å²) in [5.41, 5.74) is 8.53. The fraction of sp³-hybridized carbons (Fsp3) is 0.341. The van der Waals surface area contributed by atoms with Crippen molar-refractivity contribution in [1.29, 1.82) is 0 Å². The van der Waals surface area contributed by atoms with E-state index < -0.39 is 30.2 Å². The molecule has 1 amide bonds. The first-order chi connectivity index (χ1) is 28.0. The number of carbonyl (C=O) groups is 2. The number of hydrogen-bond acceptors (Lipinski definition) is 13. The molecule has 17 heteroatoms. The number of aliphatic hydroxyl groups excluding tert-OH is 1. The number of benzene rings is 3. The number of methoxy groups -OCH3 is 1. The molecule has 1 saturated carbocycles. The molecule has 16 nitrogen and oxygen atoms in total. The molecule has 2 unspecified atom stereocenters. The normalized spacial score (nSPS) is 16.5. The molecule has 0 bridgehead atoms. The summed E-state index contributed by atoms with van der Waals surface area (Å²) in [5, 5.41) is 17.3. The number of aryl methyl sites for hydroxylation is 1. The van der Waals surface area contributed by atoms with Gasteiger partial charge in [-0.2, -0.15) is 9.98 Å². The Morgan fingerprint density at radius 2 is 1.76 bits per heavy atom. The van der Waals surface area contributed by atoms with Crippen LogP contribution >= 0.6 is 0 Å². The van der Waals surface area contributed by atoms with Crippen LogP contribution in [0.15, 0.2) is 84.1 Å². The average Bonchev–Trinajstić information content (AvgIpc) is 3.64. The Balaban J connectivity index is 1.34. The van der Waals surface area contributed by atoms with E-state index in [1.54, 1.807) is 42.5 Å². The van der Waals surface area contributed by atoms with Crippen molar-refractivity contribution in [2.24, 2.45) is 16.6 Å². The summed E-state index contributed by atoms with van der Waals surface area (Å²) in [5.74, 6) is -1.01. The highest BCUT2D eigenvalue weighted by Crippen LogP contribution is 2.36. The number of amidine groups is 1. The van der Waals surface area contributed by atoms with E-state index in [9.17, 15) is 14.7 Å². The number of amides is 1. The van der Waals surface area contributed by atoms with Crippen LogP contribution in [-0.2, 0) is 9.47 Å². The van der Waals surface area contributed by atoms with E-state index in [0.29, 0.717) is 16.8 Å². The van der Waals surface area contributed by atoms with Gasteiger partial charge in [-0.15, -0.1) is 9.78 Å². The standard InChI is InChI=1S/C41H45FN8O8/c1-24-10-12-28(13-11-24)38(52)47-36(43)27-14-16-29(17-15-27)46-35(31-22-30(54-4)23-33(34(31)42)55-21-20-51)37-48-40(50(49-37)39-44-18-7-19-45-39)56-26(3)57-41(53)58-32-9-6-5-8-25(32)2/h7,10-19,22-23,25-26,32,35,46,51H,5-6,8-9,20-21H2,1-4H3,(H2,43,47,52)/t25-,26?,32-,35?/m1/s1. The van der Waals surface area contributed by atoms with Crippen LogP contribution in [0.1, 0.15) is 78.4 Å². The number of nitrogens with zero attached hydrogens (tertiary/aromatic N) is 6. The summed E-state index contributed by atoms with van der Waals surface area (Å²) in [6.07, 6.45) is 4.34. The van der Waals surface area contributed by atoms with Gasteiger partial charge in [-0.3, -0.25) is 4.79 Å². The van der Waals surface area contributed by atoms with Crippen LogP contribution in [0.4, 0.5) is 14.9 Å². The number of ether oxygens (including phenoxy) is 5. The summed E-state index contributed by atoms with van der Waals surface area (Å²) < 4.78 is 45.7. The third-order valence-corrected chi connectivity index (χ3v) is 9.36. The van der Waals surface area contributed by atoms with Gasteiger partial charge in [-0.25, -0.2) is 19.2 Å². The SMILES string of the molecule is COc1cc(OCCO)c(F)c(C(Nc2ccc(/C(N)=N/C(=O)c3ccc(C)cc3)cc2)c2nc(OC(C)OC(=O)O[C@@H]3CCCC[C@H]3C)n(-c3ncccn3)n2)c1. The Kier molecular flexibility index (Phi) is 13.4. The van der Waals surface area contributed by atoms with Gasteiger partial charge < -0.3 is 39.8 Å². The lowest BCUT2D eigenvalue weighted by molar-refractivity contribution is -0.0790. The zero-order valence-electron chi connectivity index (χ0n) is 32.5. The molecule has 1 fully saturated rings. The van der Waals surface area contributed by atoms with Crippen molar-refractivity contribution < 1.29 is 42.8 Å². The Bertz CT molecular complexity index is 2200. The van der Waals surface area contributed by atoms with Crippen LogP contribution in [0.2, 0.25) is 0 Å². The smallest absolute Gasteiger partial charge is 0.497 e. The van der Waals surface area contributed by atoms with Gasteiger partial charge in [-0.05, 0) is 80.6 Å². The van der Waals surface area contributed by atoms with E-state index in [1.807, 2.05) is 26.0 Å². The lowest BCUT2D eigenvalue weighted by Crippen LogP contribution is -2.31. The van der Waals surface area contributed by atoms with E-state index in [0.717, 1.165) is 31.2 Å². The summed E-state index contributed by atoms with van der Waals surface area (Å²) >= 11 is 0. The monoisotopic (exact) mass is 796 g/mol. The van der Waals surface area contributed by atoms with Crippen molar-refractivity contribution in [3.8, 4) is 23.5 Å². The van der Waals surface area contributed by atoms with Gasteiger partial charge in [0.1, 0.15) is 30.3 Å². The number of rotatable bonds is 15. The zero-order chi connectivity index (χ0) is 41.2. The number of aromatic nitrogens is 5. The number of halogens is 1. The summed E-state index contributed by atoms with van der Waals surface area (Å²) in [7, 11) is 1.41. The maximum atomic E-state index is 16.5. The van der Waals surface area contributed by atoms with E-state index in [-0.39, 0.29) is 65.9 Å². The first kappa shape index (κ1) is 41.0. The van der Waals surface area contributed by atoms with Crippen LogP contribution in [0.3, 0.4) is 0 Å². The minimum absolute atomic E-state index is 0.00303. The number of nitrogens with two attached hydrogens (primary N) is 1. The highest BCUT2D eigenvalue weighted by atomic mass is 19.1. The number of carbonyl (C=O) groups excluding carboxylic acids is 2. The lowest BCUT2D eigenvalue weighted by atomic mass is 9.88.